The zero-order chi connectivity index (χ0) is 14.8. The molecule has 0 unspecified atom stereocenters. The van der Waals surface area contributed by atoms with Crippen LogP contribution in [0.3, 0.4) is 0 Å². The molecule has 0 saturated carbocycles. The molecule has 1 aromatic rings. The van der Waals surface area contributed by atoms with Crippen LogP contribution in [0.2, 0.25) is 0 Å². The lowest BCUT2D eigenvalue weighted by Gasteiger charge is -2.09. The first-order valence-electron chi connectivity index (χ1n) is 6.83. The van der Waals surface area contributed by atoms with Crippen LogP contribution in [0.15, 0.2) is 30.3 Å². The molecule has 5 nitrogen and oxygen atoms in total. The Labute approximate surface area is 119 Å². The van der Waals surface area contributed by atoms with E-state index in [-0.39, 0.29) is 31.1 Å². The maximum Gasteiger partial charge on any atom is 0.314 e. The maximum atomic E-state index is 11.5. The van der Waals surface area contributed by atoms with E-state index in [1.165, 1.54) is 5.56 Å². The van der Waals surface area contributed by atoms with Crippen LogP contribution in [-0.4, -0.2) is 31.2 Å². The van der Waals surface area contributed by atoms with Crippen LogP contribution in [0.1, 0.15) is 25.8 Å². The topological polar surface area (TPSA) is 67.4 Å². The summed E-state index contributed by atoms with van der Waals surface area (Å²) in [6.07, 6.45) is 0.843. The molecule has 0 aliphatic rings. The van der Waals surface area contributed by atoms with Gasteiger partial charge in [-0.1, -0.05) is 30.3 Å². The van der Waals surface area contributed by atoms with Crippen LogP contribution < -0.4 is 10.6 Å². The second-order valence-corrected chi connectivity index (χ2v) is 4.71. The number of hydrogen-bond donors (Lipinski definition) is 2. The Morgan fingerprint density at radius 1 is 1.10 bits per heavy atom. The quantitative estimate of drug-likeness (QED) is 0.748. The predicted octanol–water partition coefficient (Wildman–Crippen LogP) is 1.87. The molecule has 1 rings (SSSR count). The fourth-order valence-corrected chi connectivity index (χ4v) is 1.63. The van der Waals surface area contributed by atoms with Crippen LogP contribution in [-0.2, 0) is 16.0 Å². The number of hydrogen-bond acceptors (Lipinski definition) is 3. The standard InChI is InChI=1S/C15H22N2O3/c1-12(2)20-14(18)9-11-17-15(19)16-10-8-13-6-4-3-5-7-13/h3-7,12H,8-11H2,1-2H3,(H2,16,17,19). The first kappa shape index (κ1) is 16.0. The highest BCUT2D eigenvalue weighted by Gasteiger charge is 2.06. The molecule has 0 bridgehead atoms. The number of rotatable bonds is 7. The number of esters is 1. The SMILES string of the molecule is CC(C)OC(=O)CCNC(=O)NCCc1ccccc1. The first-order valence-corrected chi connectivity index (χ1v) is 6.83. The van der Waals surface area contributed by atoms with Crippen molar-refractivity contribution in [1.82, 2.24) is 10.6 Å². The summed E-state index contributed by atoms with van der Waals surface area (Å²) in [5.41, 5.74) is 1.17. The predicted molar refractivity (Wildman–Crippen MR) is 77.4 cm³/mol. The molecule has 20 heavy (non-hydrogen) atoms. The fraction of sp³-hybridized carbons (Fsp3) is 0.467. The van der Waals surface area contributed by atoms with Crippen LogP contribution in [0, 0.1) is 0 Å². The summed E-state index contributed by atoms with van der Waals surface area (Å²) in [7, 11) is 0. The lowest BCUT2D eigenvalue weighted by Crippen LogP contribution is -2.37. The number of ether oxygens (including phenoxy) is 1. The molecule has 110 valence electrons. The normalized spacial score (nSPS) is 10.2. The van der Waals surface area contributed by atoms with Crippen molar-refractivity contribution in [1.29, 1.82) is 0 Å². The van der Waals surface area contributed by atoms with Crippen molar-refractivity contribution in [2.24, 2.45) is 0 Å². The second kappa shape index (κ2) is 8.96. The Kier molecular flexibility index (Phi) is 7.17. The van der Waals surface area contributed by atoms with Crippen molar-refractivity contribution in [3.63, 3.8) is 0 Å². The highest BCUT2D eigenvalue weighted by Crippen LogP contribution is 1.98. The number of urea groups is 1. The molecule has 0 atom stereocenters. The summed E-state index contributed by atoms with van der Waals surface area (Å²) in [5, 5.41) is 5.37. The lowest BCUT2D eigenvalue weighted by molar-refractivity contribution is -0.147. The van der Waals surface area contributed by atoms with Crippen molar-refractivity contribution in [3.05, 3.63) is 35.9 Å². The molecule has 5 heteroatoms. The Balaban J connectivity index is 2.07. The summed E-state index contributed by atoms with van der Waals surface area (Å²) in [5.74, 6) is -0.301. The van der Waals surface area contributed by atoms with Crippen LogP contribution >= 0.6 is 0 Å². The molecule has 0 spiro atoms. The smallest absolute Gasteiger partial charge is 0.314 e. The van der Waals surface area contributed by atoms with Gasteiger partial charge in [0.1, 0.15) is 0 Å². The number of nitrogens with one attached hydrogen (secondary N) is 2. The summed E-state index contributed by atoms with van der Waals surface area (Å²) in [6, 6.07) is 9.66. The fourth-order valence-electron chi connectivity index (χ4n) is 1.63. The van der Waals surface area contributed by atoms with Gasteiger partial charge in [0.05, 0.1) is 12.5 Å². The van der Waals surface area contributed by atoms with Gasteiger partial charge in [-0.15, -0.1) is 0 Å². The van der Waals surface area contributed by atoms with Gasteiger partial charge in [-0.3, -0.25) is 4.79 Å². The molecule has 0 aromatic heterocycles. The average molecular weight is 278 g/mol. The summed E-state index contributed by atoms with van der Waals surface area (Å²) >= 11 is 0. The van der Waals surface area contributed by atoms with Crippen molar-refractivity contribution in [2.75, 3.05) is 13.1 Å². The van der Waals surface area contributed by atoms with Gasteiger partial charge in [0.25, 0.3) is 0 Å². The van der Waals surface area contributed by atoms with E-state index < -0.39 is 0 Å². The number of carbonyl (C=O) groups excluding carboxylic acids is 2. The summed E-state index contributed by atoms with van der Waals surface area (Å²) in [4.78, 5) is 22.7. The molecular weight excluding hydrogens is 256 g/mol. The minimum absolute atomic E-state index is 0.123. The van der Waals surface area contributed by atoms with Crippen molar-refractivity contribution < 1.29 is 14.3 Å². The van der Waals surface area contributed by atoms with Crippen LogP contribution in [0.5, 0.6) is 0 Å². The Hall–Kier alpha value is -2.04. The highest BCUT2D eigenvalue weighted by atomic mass is 16.5. The second-order valence-electron chi connectivity index (χ2n) is 4.71. The third-order valence-corrected chi connectivity index (χ3v) is 2.52. The maximum absolute atomic E-state index is 11.5. The molecule has 0 saturated heterocycles. The number of benzene rings is 1. The molecule has 2 N–H and O–H groups in total. The Morgan fingerprint density at radius 3 is 2.40 bits per heavy atom. The van der Waals surface area contributed by atoms with Gasteiger partial charge < -0.3 is 15.4 Å². The molecule has 0 aliphatic carbocycles. The largest absolute Gasteiger partial charge is 0.463 e. The molecular formula is C15H22N2O3. The summed E-state index contributed by atoms with van der Waals surface area (Å²) < 4.78 is 4.96. The van der Waals surface area contributed by atoms with Gasteiger partial charge in [0.15, 0.2) is 0 Å². The molecule has 0 fully saturated rings. The van der Waals surface area contributed by atoms with E-state index in [1.54, 1.807) is 13.8 Å². The molecule has 1 aromatic carbocycles. The van der Waals surface area contributed by atoms with Crippen molar-refractivity contribution in [2.45, 2.75) is 32.8 Å². The first-order chi connectivity index (χ1) is 9.58. The van der Waals surface area contributed by atoms with E-state index in [4.69, 9.17) is 4.74 Å². The minimum atomic E-state index is -0.301. The third-order valence-electron chi connectivity index (χ3n) is 2.52. The Morgan fingerprint density at radius 2 is 1.75 bits per heavy atom. The van der Waals surface area contributed by atoms with E-state index in [0.717, 1.165) is 6.42 Å². The molecule has 0 heterocycles. The molecule has 0 radical (unpaired) electrons. The average Bonchev–Trinajstić information content (AvgIpc) is 2.39. The minimum Gasteiger partial charge on any atom is -0.463 e. The van der Waals surface area contributed by atoms with Gasteiger partial charge in [0, 0.05) is 13.1 Å². The van der Waals surface area contributed by atoms with Gasteiger partial charge in [-0.2, -0.15) is 0 Å². The van der Waals surface area contributed by atoms with E-state index >= 15 is 0 Å². The van der Waals surface area contributed by atoms with Crippen molar-refractivity contribution >= 4 is 12.0 Å². The Bertz CT molecular complexity index is 418. The number of amides is 2. The van der Waals surface area contributed by atoms with E-state index in [9.17, 15) is 9.59 Å². The van der Waals surface area contributed by atoms with Crippen LogP contribution in [0.25, 0.3) is 0 Å². The molecule has 2 amide bonds. The van der Waals surface area contributed by atoms with E-state index in [0.29, 0.717) is 6.54 Å². The van der Waals surface area contributed by atoms with E-state index in [2.05, 4.69) is 10.6 Å². The van der Waals surface area contributed by atoms with Gasteiger partial charge >= 0.3 is 12.0 Å². The monoisotopic (exact) mass is 278 g/mol. The summed E-state index contributed by atoms with van der Waals surface area (Å²) in [6.45, 7) is 4.43. The van der Waals surface area contributed by atoms with E-state index in [1.807, 2.05) is 30.3 Å². The van der Waals surface area contributed by atoms with Gasteiger partial charge in [0.2, 0.25) is 0 Å². The third kappa shape index (κ3) is 7.41. The van der Waals surface area contributed by atoms with Gasteiger partial charge in [-0.05, 0) is 25.8 Å². The zero-order valence-electron chi connectivity index (χ0n) is 12.0. The van der Waals surface area contributed by atoms with Crippen LogP contribution in [0.4, 0.5) is 4.79 Å². The zero-order valence-corrected chi connectivity index (χ0v) is 12.0. The van der Waals surface area contributed by atoms with Crippen molar-refractivity contribution in [3.8, 4) is 0 Å². The highest BCUT2D eigenvalue weighted by molar-refractivity contribution is 5.75. The molecule has 0 aliphatic heterocycles. The number of carbonyl (C=O) groups is 2. The lowest BCUT2D eigenvalue weighted by atomic mass is 10.1. The van der Waals surface area contributed by atoms with Gasteiger partial charge in [-0.25, -0.2) is 4.79 Å².